The minimum absolute atomic E-state index is 0.112. The molecule has 2 aliphatic rings. The van der Waals surface area contributed by atoms with Crippen LogP contribution in [0, 0.1) is 0 Å². The molecule has 1 saturated heterocycles. The number of hydrogen-bond donors (Lipinski definition) is 1. The Morgan fingerprint density at radius 1 is 1.27 bits per heavy atom. The lowest BCUT2D eigenvalue weighted by atomic mass is 10.0. The Labute approximate surface area is 130 Å². The van der Waals surface area contributed by atoms with Gasteiger partial charge in [0.25, 0.3) is 0 Å². The van der Waals surface area contributed by atoms with Crippen LogP contribution in [-0.4, -0.2) is 31.2 Å². The zero-order chi connectivity index (χ0) is 15.5. The number of ether oxygens (including phenoxy) is 1. The van der Waals surface area contributed by atoms with Gasteiger partial charge in [0.05, 0.1) is 13.1 Å². The van der Waals surface area contributed by atoms with Crippen LogP contribution < -0.4 is 10.2 Å². The summed E-state index contributed by atoms with van der Waals surface area (Å²) in [6.45, 7) is 2.31. The van der Waals surface area contributed by atoms with E-state index in [1.54, 1.807) is 4.90 Å². The Morgan fingerprint density at radius 2 is 2.05 bits per heavy atom. The van der Waals surface area contributed by atoms with Crippen molar-refractivity contribution in [2.24, 2.45) is 0 Å². The number of anilines is 1. The summed E-state index contributed by atoms with van der Waals surface area (Å²) in [6.07, 6.45) is 5.34. The topological polar surface area (TPSA) is 58.6 Å². The number of aryl methyl sites for hydroxylation is 2. The molecule has 1 aliphatic heterocycles. The molecule has 118 valence electrons. The van der Waals surface area contributed by atoms with Gasteiger partial charge >= 0.3 is 6.09 Å². The second-order valence-electron chi connectivity index (χ2n) is 6.07. The largest absolute Gasteiger partial charge is 0.442 e. The molecule has 1 N–H and O–H groups in total. The fourth-order valence-corrected chi connectivity index (χ4v) is 3.16. The summed E-state index contributed by atoms with van der Waals surface area (Å²) in [5.41, 5.74) is 3.66. The summed E-state index contributed by atoms with van der Waals surface area (Å²) < 4.78 is 5.32. The van der Waals surface area contributed by atoms with E-state index in [4.69, 9.17) is 4.74 Å². The number of fused-ring (bicyclic) bond motifs is 1. The molecule has 1 heterocycles. The van der Waals surface area contributed by atoms with Gasteiger partial charge in [0.2, 0.25) is 5.91 Å². The van der Waals surface area contributed by atoms with Crippen LogP contribution in [0.1, 0.15) is 37.3 Å². The third kappa shape index (κ3) is 3.24. The average molecular weight is 302 g/mol. The molecule has 2 amide bonds. The zero-order valence-corrected chi connectivity index (χ0v) is 12.9. The molecule has 0 spiro atoms. The highest BCUT2D eigenvalue weighted by Gasteiger charge is 2.32. The number of amides is 2. The average Bonchev–Trinajstić information content (AvgIpc) is 2.71. The maximum Gasteiger partial charge on any atom is 0.414 e. The number of rotatable bonds is 3. The zero-order valence-electron chi connectivity index (χ0n) is 12.9. The molecule has 1 aliphatic carbocycles. The first-order valence-electron chi connectivity index (χ1n) is 7.98. The molecule has 3 rings (SSSR count). The van der Waals surface area contributed by atoms with Gasteiger partial charge in [-0.25, -0.2) is 4.79 Å². The summed E-state index contributed by atoms with van der Waals surface area (Å²) in [6, 6.07) is 6.28. The lowest BCUT2D eigenvalue weighted by Crippen LogP contribution is -2.33. The first kappa shape index (κ1) is 14.9. The molecule has 0 radical (unpaired) electrons. The summed E-state index contributed by atoms with van der Waals surface area (Å²) in [5, 5.41) is 2.70. The van der Waals surface area contributed by atoms with Crippen LogP contribution >= 0.6 is 0 Å². The van der Waals surface area contributed by atoms with Crippen LogP contribution in [0.25, 0.3) is 0 Å². The van der Waals surface area contributed by atoms with Crippen LogP contribution in [0.3, 0.4) is 0 Å². The Kier molecular flexibility index (Phi) is 4.32. The quantitative estimate of drug-likeness (QED) is 0.872. The molecule has 1 fully saturated rings. The van der Waals surface area contributed by atoms with E-state index >= 15 is 0 Å². The molecule has 1 atom stereocenters. The molecular formula is C17H22N2O3. The standard InChI is InChI=1S/C17H22N2O3/c1-12(20)18-10-16-11-19(17(21)22-16)15-8-7-13-5-3-2-4-6-14(13)9-15/h7-9,16H,2-6,10-11H2,1H3,(H,18,20)/t16-/m0/s1. The van der Waals surface area contributed by atoms with Crippen molar-refractivity contribution in [2.45, 2.75) is 45.1 Å². The van der Waals surface area contributed by atoms with E-state index in [0.29, 0.717) is 13.1 Å². The fraction of sp³-hybridized carbons (Fsp3) is 0.529. The van der Waals surface area contributed by atoms with Crippen molar-refractivity contribution in [3.05, 3.63) is 29.3 Å². The van der Waals surface area contributed by atoms with Crippen molar-refractivity contribution in [2.75, 3.05) is 18.0 Å². The van der Waals surface area contributed by atoms with E-state index in [1.807, 2.05) is 6.07 Å². The number of nitrogens with one attached hydrogen (secondary N) is 1. The van der Waals surface area contributed by atoms with Crippen molar-refractivity contribution in [1.29, 1.82) is 0 Å². The van der Waals surface area contributed by atoms with Gasteiger partial charge in [-0.2, -0.15) is 0 Å². The number of carbonyl (C=O) groups excluding carboxylic acids is 2. The monoisotopic (exact) mass is 302 g/mol. The maximum absolute atomic E-state index is 12.1. The molecule has 1 aromatic rings. The van der Waals surface area contributed by atoms with Crippen molar-refractivity contribution >= 4 is 17.7 Å². The highest BCUT2D eigenvalue weighted by Crippen LogP contribution is 2.28. The Balaban J connectivity index is 1.72. The minimum atomic E-state index is -0.330. The number of nitrogens with zero attached hydrogens (tertiary/aromatic N) is 1. The molecule has 1 aromatic carbocycles. The van der Waals surface area contributed by atoms with E-state index < -0.39 is 0 Å². The molecule has 0 bridgehead atoms. The second-order valence-corrected chi connectivity index (χ2v) is 6.07. The normalized spacial score (nSPS) is 21.0. The summed E-state index contributed by atoms with van der Waals surface area (Å²) in [4.78, 5) is 24.7. The highest BCUT2D eigenvalue weighted by molar-refractivity contribution is 5.90. The lowest BCUT2D eigenvalue weighted by molar-refractivity contribution is -0.119. The van der Waals surface area contributed by atoms with E-state index in [9.17, 15) is 9.59 Å². The van der Waals surface area contributed by atoms with Gasteiger partial charge in [0.1, 0.15) is 6.10 Å². The molecule has 5 heteroatoms. The first-order chi connectivity index (χ1) is 10.6. The van der Waals surface area contributed by atoms with Crippen LogP contribution in [0.15, 0.2) is 18.2 Å². The van der Waals surface area contributed by atoms with E-state index in [2.05, 4.69) is 17.4 Å². The Bertz CT molecular complexity index is 585. The minimum Gasteiger partial charge on any atom is -0.442 e. The highest BCUT2D eigenvalue weighted by atomic mass is 16.6. The molecule has 0 unspecified atom stereocenters. The Hall–Kier alpha value is -2.04. The van der Waals surface area contributed by atoms with Gasteiger partial charge in [-0.3, -0.25) is 9.69 Å². The number of hydrogen-bond acceptors (Lipinski definition) is 3. The van der Waals surface area contributed by atoms with Crippen LogP contribution in [0.4, 0.5) is 10.5 Å². The summed E-state index contributed by atoms with van der Waals surface area (Å²) in [7, 11) is 0. The van der Waals surface area contributed by atoms with Gasteiger partial charge in [-0.05, 0) is 48.9 Å². The maximum atomic E-state index is 12.1. The van der Waals surface area contributed by atoms with E-state index in [0.717, 1.165) is 18.5 Å². The Morgan fingerprint density at radius 3 is 2.82 bits per heavy atom. The van der Waals surface area contributed by atoms with Crippen molar-refractivity contribution in [3.8, 4) is 0 Å². The fourth-order valence-electron chi connectivity index (χ4n) is 3.16. The van der Waals surface area contributed by atoms with E-state index in [1.165, 1.54) is 37.3 Å². The van der Waals surface area contributed by atoms with Gasteiger partial charge in [-0.15, -0.1) is 0 Å². The van der Waals surface area contributed by atoms with Crippen LogP contribution in [0.5, 0.6) is 0 Å². The van der Waals surface area contributed by atoms with Gasteiger partial charge < -0.3 is 10.1 Å². The SMILES string of the molecule is CC(=O)NC[C@H]1CN(c2ccc3c(c2)CCCCC3)C(=O)O1. The predicted molar refractivity (Wildman–Crippen MR) is 84.0 cm³/mol. The molecule has 0 saturated carbocycles. The van der Waals surface area contributed by atoms with Gasteiger partial charge in [-0.1, -0.05) is 12.5 Å². The molecule has 5 nitrogen and oxygen atoms in total. The van der Waals surface area contributed by atoms with Crippen LogP contribution in [-0.2, 0) is 22.4 Å². The predicted octanol–water partition coefficient (Wildman–Crippen LogP) is 2.42. The number of cyclic esters (lactones) is 1. The van der Waals surface area contributed by atoms with Crippen molar-refractivity contribution in [1.82, 2.24) is 5.32 Å². The summed E-state index contributed by atoms with van der Waals surface area (Å²) in [5.74, 6) is -0.112. The van der Waals surface area contributed by atoms with Crippen molar-refractivity contribution in [3.63, 3.8) is 0 Å². The third-order valence-electron chi connectivity index (χ3n) is 4.35. The number of carbonyl (C=O) groups is 2. The van der Waals surface area contributed by atoms with Gasteiger partial charge in [0, 0.05) is 12.6 Å². The van der Waals surface area contributed by atoms with Crippen LogP contribution in [0.2, 0.25) is 0 Å². The second kappa shape index (κ2) is 6.38. The van der Waals surface area contributed by atoms with Crippen molar-refractivity contribution < 1.29 is 14.3 Å². The third-order valence-corrected chi connectivity index (χ3v) is 4.35. The summed E-state index contributed by atoms with van der Waals surface area (Å²) >= 11 is 0. The molecular weight excluding hydrogens is 280 g/mol. The molecule has 0 aromatic heterocycles. The van der Waals surface area contributed by atoms with Gasteiger partial charge in [0.15, 0.2) is 0 Å². The first-order valence-corrected chi connectivity index (χ1v) is 7.98. The molecule has 22 heavy (non-hydrogen) atoms. The van der Waals surface area contributed by atoms with E-state index in [-0.39, 0.29) is 18.1 Å². The number of benzene rings is 1. The lowest BCUT2D eigenvalue weighted by Gasteiger charge is -2.16. The smallest absolute Gasteiger partial charge is 0.414 e.